The number of rotatable bonds is 5. The Labute approximate surface area is 99.7 Å². The van der Waals surface area contributed by atoms with Crippen LogP contribution in [0.3, 0.4) is 0 Å². The van der Waals surface area contributed by atoms with Crippen molar-refractivity contribution in [2.24, 2.45) is 0 Å². The van der Waals surface area contributed by atoms with Crippen LogP contribution in [0.1, 0.15) is 32.4 Å². The van der Waals surface area contributed by atoms with Crippen LogP contribution >= 0.6 is 0 Å². The van der Waals surface area contributed by atoms with Crippen molar-refractivity contribution in [2.45, 2.75) is 38.9 Å². The van der Waals surface area contributed by atoms with Crippen LogP contribution in [0.4, 0.5) is 0 Å². The average Bonchev–Trinajstić information content (AvgIpc) is 2.26. The van der Waals surface area contributed by atoms with E-state index in [9.17, 15) is 0 Å². The van der Waals surface area contributed by atoms with Crippen LogP contribution in [-0.2, 0) is 0 Å². The van der Waals surface area contributed by atoms with E-state index >= 15 is 0 Å². The van der Waals surface area contributed by atoms with E-state index in [1.54, 1.807) is 0 Å². The molecule has 0 aromatic heterocycles. The number of nitrogens with zero attached hydrogens (tertiary/aromatic N) is 1. The summed E-state index contributed by atoms with van der Waals surface area (Å²) in [5.74, 6) is 0. The van der Waals surface area contributed by atoms with Gasteiger partial charge in [0.05, 0.1) is 0 Å². The molecule has 0 heterocycles. The summed E-state index contributed by atoms with van der Waals surface area (Å²) in [6, 6.07) is 12.0. The van der Waals surface area contributed by atoms with Gasteiger partial charge in [0, 0.05) is 18.1 Å². The molecule has 90 valence electrons. The molecule has 0 aliphatic heterocycles. The Morgan fingerprint density at radius 2 is 1.56 bits per heavy atom. The van der Waals surface area contributed by atoms with Gasteiger partial charge in [-0.3, -0.25) is 0 Å². The molecule has 0 saturated heterocycles. The summed E-state index contributed by atoms with van der Waals surface area (Å²) in [5.41, 5.74) is 1.36. The van der Waals surface area contributed by atoms with Crippen LogP contribution in [0.25, 0.3) is 0 Å². The predicted octanol–water partition coefficient (Wildman–Crippen LogP) is 2.68. The third-order valence-corrected chi connectivity index (χ3v) is 2.97. The fourth-order valence-electron chi connectivity index (χ4n) is 1.83. The minimum atomic E-state index is 0.385. The van der Waals surface area contributed by atoms with Gasteiger partial charge in [-0.1, -0.05) is 44.2 Å². The van der Waals surface area contributed by atoms with Crippen molar-refractivity contribution in [3.8, 4) is 0 Å². The molecule has 16 heavy (non-hydrogen) atoms. The second-order valence-electron chi connectivity index (χ2n) is 4.91. The van der Waals surface area contributed by atoms with Gasteiger partial charge in [0.1, 0.15) is 0 Å². The van der Waals surface area contributed by atoms with Crippen LogP contribution in [0.2, 0.25) is 0 Å². The van der Waals surface area contributed by atoms with Crippen molar-refractivity contribution in [2.75, 3.05) is 14.1 Å². The highest BCUT2D eigenvalue weighted by Gasteiger charge is 2.20. The van der Waals surface area contributed by atoms with E-state index in [-0.39, 0.29) is 0 Å². The molecule has 2 atom stereocenters. The zero-order chi connectivity index (χ0) is 12.1. The minimum absolute atomic E-state index is 0.385. The van der Waals surface area contributed by atoms with Gasteiger partial charge >= 0.3 is 0 Å². The molecule has 0 bridgehead atoms. The number of likely N-dealkylation sites (N-methyl/N-ethyl adjacent to an activating group) is 1. The van der Waals surface area contributed by atoms with Crippen molar-refractivity contribution >= 4 is 0 Å². The maximum Gasteiger partial charge on any atom is 0.0477 e. The van der Waals surface area contributed by atoms with Gasteiger partial charge in [0.25, 0.3) is 0 Å². The van der Waals surface area contributed by atoms with E-state index in [1.807, 2.05) is 0 Å². The zero-order valence-corrected chi connectivity index (χ0v) is 11.1. The van der Waals surface area contributed by atoms with Gasteiger partial charge in [-0.05, 0) is 26.6 Å². The van der Waals surface area contributed by atoms with Crippen LogP contribution in [0.5, 0.6) is 0 Å². The Kier molecular flexibility index (Phi) is 4.97. The van der Waals surface area contributed by atoms with Crippen molar-refractivity contribution in [1.29, 1.82) is 0 Å². The number of hydrogen-bond donors (Lipinski definition) is 1. The lowest BCUT2D eigenvalue weighted by molar-refractivity contribution is 0.238. The maximum atomic E-state index is 3.64. The van der Waals surface area contributed by atoms with Crippen molar-refractivity contribution in [3.63, 3.8) is 0 Å². The third-order valence-electron chi connectivity index (χ3n) is 2.97. The fraction of sp³-hybridized carbons (Fsp3) is 0.571. The minimum Gasteiger partial charge on any atom is -0.306 e. The Morgan fingerprint density at radius 3 is 2.00 bits per heavy atom. The van der Waals surface area contributed by atoms with Crippen LogP contribution < -0.4 is 5.32 Å². The zero-order valence-electron chi connectivity index (χ0n) is 11.1. The fourth-order valence-corrected chi connectivity index (χ4v) is 1.83. The lowest BCUT2D eigenvalue weighted by Crippen LogP contribution is -2.41. The molecule has 0 saturated carbocycles. The number of nitrogens with one attached hydrogen (secondary N) is 1. The molecular weight excluding hydrogens is 196 g/mol. The summed E-state index contributed by atoms with van der Waals surface area (Å²) < 4.78 is 0. The van der Waals surface area contributed by atoms with E-state index < -0.39 is 0 Å². The highest BCUT2D eigenvalue weighted by atomic mass is 15.1. The molecule has 2 heteroatoms. The highest BCUT2D eigenvalue weighted by molar-refractivity contribution is 5.20. The number of hydrogen-bond acceptors (Lipinski definition) is 2. The maximum absolute atomic E-state index is 3.64. The molecule has 2 unspecified atom stereocenters. The second kappa shape index (κ2) is 6.02. The third kappa shape index (κ3) is 3.62. The van der Waals surface area contributed by atoms with E-state index in [2.05, 4.69) is 75.4 Å². The Morgan fingerprint density at radius 1 is 1.00 bits per heavy atom. The first-order valence-electron chi connectivity index (χ1n) is 5.99. The normalized spacial score (nSPS) is 15.4. The van der Waals surface area contributed by atoms with Crippen LogP contribution in [0.15, 0.2) is 30.3 Å². The molecule has 2 nitrogen and oxygen atoms in total. The van der Waals surface area contributed by atoms with Gasteiger partial charge in [-0.15, -0.1) is 0 Å². The molecule has 1 N–H and O–H groups in total. The van der Waals surface area contributed by atoms with E-state index in [4.69, 9.17) is 0 Å². The van der Waals surface area contributed by atoms with Gasteiger partial charge in [0.15, 0.2) is 0 Å². The summed E-state index contributed by atoms with van der Waals surface area (Å²) in [6.07, 6.45) is 0. The Balaban J connectivity index is 2.87. The van der Waals surface area contributed by atoms with Gasteiger partial charge in [0.2, 0.25) is 0 Å². The average molecular weight is 220 g/mol. The summed E-state index contributed by atoms with van der Waals surface area (Å²) in [7, 11) is 4.26. The first-order valence-corrected chi connectivity index (χ1v) is 5.99. The molecule has 0 aliphatic carbocycles. The Hall–Kier alpha value is -0.860. The molecule has 1 aromatic carbocycles. The molecule has 0 fully saturated rings. The van der Waals surface area contributed by atoms with E-state index in [0.29, 0.717) is 18.1 Å². The summed E-state index contributed by atoms with van der Waals surface area (Å²) in [6.45, 7) is 6.64. The second-order valence-corrected chi connectivity index (χ2v) is 4.91. The summed E-state index contributed by atoms with van der Waals surface area (Å²) in [4.78, 5) is 2.26. The van der Waals surface area contributed by atoms with Gasteiger partial charge in [-0.25, -0.2) is 0 Å². The van der Waals surface area contributed by atoms with Crippen molar-refractivity contribution < 1.29 is 0 Å². The van der Waals surface area contributed by atoms with E-state index in [0.717, 1.165) is 0 Å². The number of benzene rings is 1. The van der Waals surface area contributed by atoms with Crippen molar-refractivity contribution in [1.82, 2.24) is 10.2 Å². The monoisotopic (exact) mass is 220 g/mol. The van der Waals surface area contributed by atoms with Crippen molar-refractivity contribution in [3.05, 3.63) is 35.9 Å². The Bertz CT molecular complexity index is 293. The molecule has 0 spiro atoms. The molecule has 0 radical (unpaired) electrons. The van der Waals surface area contributed by atoms with Gasteiger partial charge in [-0.2, -0.15) is 0 Å². The SMILES string of the molecule is CC(C)NC(c1ccccc1)C(C)N(C)C. The molecular formula is C14H24N2. The van der Waals surface area contributed by atoms with Gasteiger partial charge < -0.3 is 10.2 Å². The van der Waals surface area contributed by atoms with Crippen LogP contribution in [-0.4, -0.2) is 31.1 Å². The standard InChI is InChI=1S/C14H24N2/c1-11(2)15-14(12(3)16(4)5)13-9-7-6-8-10-13/h6-12,14-15H,1-5H3. The van der Waals surface area contributed by atoms with Crippen LogP contribution in [0, 0.1) is 0 Å². The molecule has 1 rings (SSSR count). The van der Waals surface area contributed by atoms with E-state index in [1.165, 1.54) is 5.56 Å². The highest BCUT2D eigenvalue weighted by Crippen LogP contribution is 2.20. The predicted molar refractivity (Wildman–Crippen MR) is 70.6 cm³/mol. The summed E-state index contributed by atoms with van der Waals surface area (Å²) in [5, 5.41) is 3.64. The summed E-state index contributed by atoms with van der Waals surface area (Å²) >= 11 is 0. The largest absolute Gasteiger partial charge is 0.306 e. The molecule has 0 amide bonds. The first-order chi connectivity index (χ1) is 7.52. The lowest BCUT2D eigenvalue weighted by Gasteiger charge is -2.32. The topological polar surface area (TPSA) is 15.3 Å². The molecule has 1 aromatic rings. The lowest BCUT2D eigenvalue weighted by atomic mass is 9.99. The smallest absolute Gasteiger partial charge is 0.0477 e. The first kappa shape index (κ1) is 13.2. The molecule has 0 aliphatic rings. The quantitative estimate of drug-likeness (QED) is 0.820.